The number of ether oxygens (including phenoxy) is 3. The predicted molar refractivity (Wildman–Crippen MR) is 103 cm³/mol. The molecule has 0 unspecified atom stereocenters. The van der Waals surface area contributed by atoms with E-state index in [1.54, 1.807) is 25.3 Å². The largest absolute Gasteiger partial charge is 0.497 e. The molecule has 0 radical (unpaired) electrons. The second-order valence-electron chi connectivity index (χ2n) is 5.75. The molecule has 0 aliphatic heterocycles. The predicted octanol–water partition coefficient (Wildman–Crippen LogP) is 2.40. The summed E-state index contributed by atoms with van der Waals surface area (Å²) < 4.78 is 15.5. The van der Waals surface area contributed by atoms with Gasteiger partial charge in [0, 0.05) is 18.3 Å². The van der Waals surface area contributed by atoms with E-state index < -0.39 is 5.91 Å². The number of hydrogen-bond acceptors (Lipinski definition) is 5. The molecule has 144 valence electrons. The van der Waals surface area contributed by atoms with Gasteiger partial charge in [0.25, 0.3) is 0 Å². The molecule has 0 saturated carbocycles. The van der Waals surface area contributed by atoms with Crippen molar-refractivity contribution in [1.82, 2.24) is 5.32 Å². The lowest BCUT2D eigenvalue weighted by Crippen LogP contribution is -2.29. The van der Waals surface area contributed by atoms with Gasteiger partial charge in [0.2, 0.25) is 11.8 Å². The van der Waals surface area contributed by atoms with Gasteiger partial charge in [0.1, 0.15) is 12.2 Å². The summed E-state index contributed by atoms with van der Waals surface area (Å²) in [5, 5.41) is 5.41. The Balaban J connectivity index is 1.79. The molecule has 27 heavy (non-hydrogen) atoms. The molecule has 2 aromatic carbocycles. The van der Waals surface area contributed by atoms with Crippen molar-refractivity contribution in [2.24, 2.45) is 0 Å². The van der Waals surface area contributed by atoms with Crippen LogP contribution >= 0.6 is 0 Å². The Kier molecular flexibility index (Phi) is 7.49. The normalized spacial score (nSPS) is 10.0. The number of amides is 2. The van der Waals surface area contributed by atoms with Crippen LogP contribution in [0.2, 0.25) is 0 Å². The van der Waals surface area contributed by atoms with E-state index >= 15 is 0 Å². The molecule has 7 heteroatoms. The van der Waals surface area contributed by atoms with Gasteiger partial charge in [-0.3, -0.25) is 9.59 Å². The molecular weight excluding hydrogens is 348 g/mol. The zero-order valence-electron chi connectivity index (χ0n) is 15.7. The number of carbonyl (C=O) groups is 2. The van der Waals surface area contributed by atoms with Crippen LogP contribution < -0.4 is 24.8 Å². The standard InChI is InChI=1S/C20H24N2O5/c1-25-16-6-4-5-14(11-16)9-10-21-19(23)13-20(24)22-15-7-8-17(26-2)18(12-15)27-3/h4-8,11-12H,9-10,13H2,1-3H3,(H,21,23)(H,22,24). The lowest BCUT2D eigenvalue weighted by Gasteiger charge is -2.11. The third kappa shape index (κ3) is 6.22. The average Bonchev–Trinajstić information content (AvgIpc) is 2.67. The molecule has 0 saturated heterocycles. The first-order valence-corrected chi connectivity index (χ1v) is 8.47. The SMILES string of the molecule is COc1cccc(CCNC(=O)CC(=O)Nc2ccc(OC)c(OC)c2)c1. The molecule has 2 aromatic rings. The molecule has 0 aliphatic carbocycles. The zero-order chi connectivity index (χ0) is 19.6. The van der Waals surface area contributed by atoms with Gasteiger partial charge in [-0.2, -0.15) is 0 Å². The van der Waals surface area contributed by atoms with Crippen molar-refractivity contribution in [2.45, 2.75) is 12.8 Å². The van der Waals surface area contributed by atoms with Gasteiger partial charge >= 0.3 is 0 Å². The monoisotopic (exact) mass is 372 g/mol. The summed E-state index contributed by atoms with van der Waals surface area (Å²) in [5.41, 5.74) is 1.58. The molecule has 7 nitrogen and oxygen atoms in total. The maximum Gasteiger partial charge on any atom is 0.233 e. The topological polar surface area (TPSA) is 85.9 Å². The van der Waals surface area contributed by atoms with Crippen LogP contribution in [-0.2, 0) is 16.0 Å². The molecule has 0 fully saturated rings. The second-order valence-corrected chi connectivity index (χ2v) is 5.75. The molecule has 2 amide bonds. The van der Waals surface area contributed by atoms with E-state index in [1.807, 2.05) is 24.3 Å². The molecule has 2 rings (SSSR count). The Labute approximate surface area is 158 Å². The first-order chi connectivity index (χ1) is 13.0. The van der Waals surface area contributed by atoms with Gasteiger partial charge in [-0.25, -0.2) is 0 Å². The van der Waals surface area contributed by atoms with Crippen LogP contribution in [0.15, 0.2) is 42.5 Å². The van der Waals surface area contributed by atoms with Gasteiger partial charge in [-0.15, -0.1) is 0 Å². The van der Waals surface area contributed by atoms with Gasteiger partial charge in [0.05, 0.1) is 21.3 Å². The van der Waals surface area contributed by atoms with Crippen LogP contribution in [0.1, 0.15) is 12.0 Å². The van der Waals surface area contributed by atoms with Crippen LogP contribution in [0, 0.1) is 0 Å². The van der Waals surface area contributed by atoms with Crippen molar-refractivity contribution in [1.29, 1.82) is 0 Å². The van der Waals surface area contributed by atoms with Crippen molar-refractivity contribution in [3.63, 3.8) is 0 Å². The van der Waals surface area contributed by atoms with E-state index in [0.717, 1.165) is 11.3 Å². The third-order valence-corrected chi connectivity index (χ3v) is 3.86. The van der Waals surface area contributed by atoms with Gasteiger partial charge in [-0.05, 0) is 36.2 Å². The summed E-state index contributed by atoms with van der Waals surface area (Å²) in [6, 6.07) is 12.6. The number of anilines is 1. The highest BCUT2D eigenvalue weighted by atomic mass is 16.5. The van der Waals surface area contributed by atoms with Gasteiger partial charge in [-0.1, -0.05) is 12.1 Å². The van der Waals surface area contributed by atoms with Gasteiger partial charge in [0.15, 0.2) is 11.5 Å². The summed E-state index contributed by atoms with van der Waals surface area (Å²) in [7, 11) is 4.66. The number of benzene rings is 2. The minimum Gasteiger partial charge on any atom is -0.497 e. The zero-order valence-corrected chi connectivity index (χ0v) is 15.7. The summed E-state index contributed by atoms with van der Waals surface area (Å²) in [5.74, 6) is 1.09. The van der Waals surface area contributed by atoms with Crippen LogP contribution in [0.4, 0.5) is 5.69 Å². The van der Waals surface area contributed by atoms with E-state index in [0.29, 0.717) is 30.2 Å². The lowest BCUT2D eigenvalue weighted by molar-refractivity contribution is -0.126. The van der Waals surface area contributed by atoms with Crippen molar-refractivity contribution < 1.29 is 23.8 Å². The summed E-state index contributed by atoms with van der Waals surface area (Å²) >= 11 is 0. The summed E-state index contributed by atoms with van der Waals surface area (Å²) in [4.78, 5) is 24.0. The van der Waals surface area contributed by atoms with Crippen LogP contribution in [0.5, 0.6) is 17.2 Å². The van der Waals surface area contributed by atoms with Gasteiger partial charge < -0.3 is 24.8 Å². The van der Waals surface area contributed by atoms with E-state index in [4.69, 9.17) is 14.2 Å². The Bertz CT molecular complexity index is 792. The van der Waals surface area contributed by atoms with E-state index in [9.17, 15) is 9.59 Å². The summed E-state index contributed by atoms with van der Waals surface area (Å²) in [6.07, 6.45) is 0.396. The fourth-order valence-electron chi connectivity index (χ4n) is 2.50. The van der Waals surface area contributed by atoms with E-state index in [1.165, 1.54) is 14.2 Å². The van der Waals surface area contributed by atoms with Crippen LogP contribution in [0.25, 0.3) is 0 Å². The fraction of sp³-hybridized carbons (Fsp3) is 0.300. The number of nitrogens with one attached hydrogen (secondary N) is 2. The smallest absolute Gasteiger partial charge is 0.233 e. The van der Waals surface area contributed by atoms with Crippen molar-refractivity contribution in [2.75, 3.05) is 33.2 Å². The molecular formula is C20H24N2O5. The first kappa shape index (κ1) is 20.1. The molecule has 0 heterocycles. The van der Waals surface area contributed by atoms with Crippen LogP contribution in [0.3, 0.4) is 0 Å². The molecule has 0 bridgehead atoms. The molecule has 0 aromatic heterocycles. The first-order valence-electron chi connectivity index (χ1n) is 8.47. The number of hydrogen-bond donors (Lipinski definition) is 2. The highest BCUT2D eigenvalue weighted by molar-refractivity contribution is 6.03. The third-order valence-electron chi connectivity index (χ3n) is 3.86. The average molecular weight is 372 g/mol. The highest BCUT2D eigenvalue weighted by Gasteiger charge is 2.11. The second kappa shape index (κ2) is 10.1. The lowest BCUT2D eigenvalue weighted by atomic mass is 10.1. The van der Waals surface area contributed by atoms with E-state index in [2.05, 4.69) is 10.6 Å². The number of rotatable bonds is 9. The fourth-order valence-corrected chi connectivity index (χ4v) is 2.50. The quantitative estimate of drug-likeness (QED) is 0.660. The number of methoxy groups -OCH3 is 3. The van der Waals surface area contributed by atoms with Crippen molar-refractivity contribution in [3.8, 4) is 17.2 Å². The van der Waals surface area contributed by atoms with Crippen LogP contribution in [-0.4, -0.2) is 39.7 Å². The summed E-state index contributed by atoms with van der Waals surface area (Å²) in [6.45, 7) is 0.440. The van der Waals surface area contributed by atoms with E-state index in [-0.39, 0.29) is 12.3 Å². The highest BCUT2D eigenvalue weighted by Crippen LogP contribution is 2.29. The minimum absolute atomic E-state index is 0.257. The number of carbonyl (C=O) groups excluding carboxylic acids is 2. The Morgan fingerprint density at radius 3 is 2.37 bits per heavy atom. The molecule has 2 N–H and O–H groups in total. The Morgan fingerprint density at radius 1 is 0.889 bits per heavy atom. The molecule has 0 spiro atoms. The molecule has 0 aliphatic rings. The Morgan fingerprint density at radius 2 is 1.67 bits per heavy atom. The Hall–Kier alpha value is -3.22. The molecule has 0 atom stereocenters. The minimum atomic E-state index is -0.402. The van der Waals surface area contributed by atoms with Crippen molar-refractivity contribution in [3.05, 3.63) is 48.0 Å². The van der Waals surface area contributed by atoms with Crippen molar-refractivity contribution >= 4 is 17.5 Å². The maximum atomic E-state index is 12.0. The maximum absolute atomic E-state index is 12.0.